The lowest BCUT2D eigenvalue weighted by Crippen LogP contribution is -2.14. The van der Waals surface area contributed by atoms with Crippen molar-refractivity contribution in [2.75, 3.05) is 0 Å². The molecule has 1 heterocycles. The fourth-order valence-corrected chi connectivity index (χ4v) is 4.60. The number of aryl methyl sites for hydroxylation is 1. The van der Waals surface area contributed by atoms with Crippen molar-refractivity contribution >= 4 is 28.6 Å². The topological polar surface area (TPSA) is 121 Å². The molecule has 170 valence electrons. The van der Waals surface area contributed by atoms with Crippen LogP contribution in [0.3, 0.4) is 0 Å². The van der Waals surface area contributed by atoms with Crippen molar-refractivity contribution in [3.8, 4) is 21.7 Å². The molecule has 0 saturated carbocycles. The molecule has 0 unspecified atom stereocenters. The van der Waals surface area contributed by atoms with Crippen molar-refractivity contribution in [3.63, 3.8) is 0 Å². The average Bonchev–Trinajstić information content (AvgIpc) is 3.15. The Morgan fingerprint density at radius 3 is 2.03 bits per heavy atom. The number of amides is 1. The smallest absolute Gasteiger partial charge is 0.280 e. The van der Waals surface area contributed by atoms with E-state index in [0.29, 0.717) is 4.80 Å². The second-order valence-corrected chi connectivity index (χ2v) is 8.50. The number of hydrogen-bond donors (Lipinski definition) is 0. The monoisotopic (exact) mass is 474 g/mol. The first-order valence-corrected chi connectivity index (χ1v) is 10.9. The van der Waals surface area contributed by atoms with Crippen LogP contribution in [0.15, 0.2) is 77.8 Å². The summed E-state index contributed by atoms with van der Waals surface area (Å²) in [6.45, 7) is 1.99. The van der Waals surface area contributed by atoms with E-state index in [4.69, 9.17) is 0 Å². The summed E-state index contributed by atoms with van der Waals surface area (Å²) in [5.41, 5.74) is 2.51. The van der Waals surface area contributed by atoms with Gasteiger partial charge in [-0.1, -0.05) is 71.5 Å². The largest absolute Gasteiger partial charge is 0.319 e. The van der Waals surface area contributed by atoms with E-state index in [0.717, 1.165) is 45.5 Å². The highest BCUT2D eigenvalue weighted by molar-refractivity contribution is 7.13. The number of carbonyl (C=O) groups is 1. The Morgan fingerprint density at radius 2 is 1.47 bits per heavy atom. The Morgan fingerprint density at radius 1 is 0.882 bits per heavy atom. The average molecular weight is 474 g/mol. The molecule has 1 amide bonds. The van der Waals surface area contributed by atoms with Crippen LogP contribution in [0.5, 0.6) is 0 Å². The minimum Gasteiger partial charge on any atom is -0.319 e. The number of nitro benzene ring substituents is 2. The van der Waals surface area contributed by atoms with Crippen molar-refractivity contribution in [2.45, 2.75) is 6.92 Å². The number of benzene rings is 3. The first-order valence-electron chi connectivity index (χ1n) is 10.1. The first-order chi connectivity index (χ1) is 16.2. The zero-order chi connectivity index (χ0) is 24.4. The van der Waals surface area contributed by atoms with Crippen molar-refractivity contribution in [2.24, 2.45) is 12.0 Å². The number of aromatic nitrogens is 1. The standard InChI is InChI=1S/C24H18N4O5S/c1-15-8-10-16(11-9-15)21-22(17-6-4-3-5-7-17)34-24(26(21)2)25-23(29)18-12-19(27(30)31)14-20(13-18)28(32)33/h3-14H,1-2H3. The van der Waals surface area contributed by atoms with Gasteiger partial charge >= 0.3 is 0 Å². The zero-order valence-electron chi connectivity index (χ0n) is 18.2. The van der Waals surface area contributed by atoms with E-state index in [-0.39, 0.29) is 5.56 Å². The third-order valence-corrected chi connectivity index (χ3v) is 6.34. The Bertz CT molecular complexity index is 1460. The molecule has 9 nitrogen and oxygen atoms in total. The molecular weight excluding hydrogens is 456 g/mol. The van der Waals surface area contributed by atoms with Gasteiger partial charge in [0.2, 0.25) is 0 Å². The fraction of sp³-hybridized carbons (Fsp3) is 0.0833. The van der Waals surface area contributed by atoms with Crippen LogP contribution in [0, 0.1) is 27.2 Å². The van der Waals surface area contributed by atoms with Gasteiger partial charge in [0, 0.05) is 19.2 Å². The normalized spacial score (nSPS) is 11.4. The predicted molar refractivity (Wildman–Crippen MR) is 129 cm³/mol. The summed E-state index contributed by atoms with van der Waals surface area (Å²) in [6.07, 6.45) is 0. The molecule has 0 saturated heterocycles. The summed E-state index contributed by atoms with van der Waals surface area (Å²) in [5.74, 6) is -0.807. The van der Waals surface area contributed by atoms with Gasteiger partial charge in [-0.3, -0.25) is 25.0 Å². The highest BCUT2D eigenvalue weighted by atomic mass is 32.1. The lowest BCUT2D eigenvalue weighted by atomic mass is 10.1. The summed E-state index contributed by atoms with van der Waals surface area (Å²) in [7, 11) is 1.78. The lowest BCUT2D eigenvalue weighted by Gasteiger charge is -2.08. The van der Waals surface area contributed by atoms with Gasteiger partial charge in [-0.25, -0.2) is 0 Å². The van der Waals surface area contributed by atoms with Gasteiger partial charge in [-0.2, -0.15) is 4.99 Å². The van der Waals surface area contributed by atoms with Gasteiger partial charge in [0.25, 0.3) is 17.3 Å². The van der Waals surface area contributed by atoms with E-state index in [1.807, 2.05) is 61.5 Å². The molecule has 10 heteroatoms. The number of nitro groups is 2. The molecule has 0 bridgehead atoms. The maximum atomic E-state index is 12.9. The Kier molecular flexibility index (Phi) is 6.15. The Balaban J connectivity index is 1.89. The van der Waals surface area contributed by atoms with Crippen LogP contribution in [-0.2, 0) is 7.05 Å². The molecule has 0 spiro atoms. The lowest BCUT2D eigenvalue weighted by molar-refractivity contribution is -0.394. The molecule has 0 aliphatic carbocycles. The molecular formula is C24H18N4O5S. The SMILES string of the molecule is Cc1ccc(-c2c(-c3ccccc3)sc(=NC(=O)c3cc([N+](=O)[O-])cc([N+](=O)[O-])c3)n2C)cc1. The summed E-state index contributed by atoms with van der Waals surface area (Å²) in [4.78, 5) is 39.2. The maximum Gasteiger partial charge on any atom is 0.280 e. The van der Waals surface area contributed by atoms with Crippen molar-refractivity contribution in [1.82, 2.24) is 4.57 Å². The Labute approximate surface area is 197 Å². The van der Waals surface area contributed by atoms with Gasteiger partial charge in [-0.15, -0.1) is 0 Å². The molecule has 0 N–H and O–H groups in total. The summed E-state index contributed by atoms with van der Waals surface area (Å²) in [6, 6.07) is 20.4. The molecule has 1 aromatic heterocycles. The van der Waals surface area contributed by atoms with Gasteiger partial charge < -0.3 is 4.57 Å². The summed E-state index contributed by atoms with van der Waals surface area (Å²) >= 11 is 1.29. The van der Waals surface area contributed by atoms with Crippen LogP contribution in [0.4, 0.5) is 11.4 Å². The molecule has 34 heavy (non-hydrogen) atoms. The molecule has 0 radical (unpaired) electrons. The van der Waals surface area contributed by atoms with E-state index in [2.05, 4.69) is 4.99 Å². The summed E-state index contributed by atoms with van der Waals surface area (Å²) < 4.78 is 1.78. The quantitative estimate of drug-likeness (QED) is 0.288. The van der Waals surface area contributed by atoms with E-state index in [9.17, 15) is 25.0 Å². The fourth-order valence-electron chi connectivity index (χ4n) is 3.46. The highest BCUT2D eigenvalue weighted by Gasteiger charge is 2.21. The van der Waals surface area contributed by atoms with Crippen molar-refractivity contribution in [1.29, 1.82) is 0 Å². The van der Waals surface area contributed by atoms with Crippen LogP contribution in [0.1, 0.15) is 15.9 Å². The second-order valence-electron chi connectivity index (χ2n) is 7.52. The van der Waals surface area contributed by atoms with Crippen molar-refractivity contribution < 1.29 is 14.6 Å². The van der Waals surface area contributed by atoms with Crippen LogP contribution >= 0.6 is 11.3 Å². The van der Waals surface area contributed by atoms with Crippen LogP contribution < -0.4 is 4.80 Å². The van der Waals surface area contributed by atoms with Gasteiger partial charge in [0.15, 0.2) is 4.80 Å². The summed E-state index contributed by atoms with van der Waals surface area (Å²) in [5, 5.41) is 22.4. The van der Waals surface area contributed by atoms with E-state index in [1.54, 1.807) is 11.6 Å². The number of hydrogen-bond acceptors (Lipinski definition) is 6. The minimum absolute atomic E-state index is 0.229. The third-order valence-electron chi connectivity index (χ3n) is 5.16. The van der Waals surface area contributed by atoms with Crippen LogP contribution in [-0.4, -0.2) is 20.3 Å². The predicted octanol–water partition coefficient (Wildman–Crippen LogP) is 5.29. The van der Waals surface area contributed by atoms with E-state index in [1.165, 1.54) is 11.3 Å². The zero-order valence-corrected chi connectivity index (χ0v) is 19.0. The van der Waals surface area contributed by atoms with E-state index >= 15 is 0 Å². The number of thiazole rings is 1. The third kappa shape index (κ3) is 4.52. The number of non-ortho nitro benzene ring substituents is 2. The van der Waals surface area contributed by atoms with Gasteiger partial charge in [0.1, 0.15) is 0 Å². The molecule has 0 aliphatic heterocycles. The van der Waals surface area contributed by atoms with Gasteiger partial charge in [-0.05, 0) is 18.1 Å². The molecule has 0 fully saturated rings. The maximum absolute atomic E-state index is 12.9. The second kappa shape index (κ2) is 9.20. The number of nitrogens with zero attached hydrogens (tertiary/aromatic N) is 4. The minimum atomic E-state index is -0.807. The number of rotatable bonds is 5. The first kappa shape index (κ1) is 22.7. The van der Waals surface area contributed by atoms with E-state index < -0.39 is 27.1 Å². The molecule has 3 aromatic carbocycles. The van der Waals surface area contributed by atoms with Crippen LogP contribution in [0.2, 0.25) is 0 Å². The highest BCUT2D eigenvalue weighted by Crippen LogP contribution is 2.34. The van der Waals surface area contributed by atoms with Crippen molar-refractivity contribution in [3.05, 3.63) is 109 Å². The molecule has 4 rings (SSSR count). The molecule has 0 atom stereocenters. The van der Waals surface area contributed by atoms with Crippen LogP contribution in [0.25, 0.3) is 21.7 Å². The molecule has 0 aliphatic rings. The Hall–Kier alpha value is -4.44. The van der Waals surface area contributed by atoms with Gasteiger partial charge in [0.05, 0.1) is 32.0 Å². The molecule has 4 aromatic rings. The number of carbonyl (C=O) groups excluding carboxylic acids is 1.